The summed E-state index contributed by atoms with van der Waals surface area (Å²) in [5.41, 5.74) is 0.980. The maximum absolute atomic E-state index is 12.0. The highest BCUT2D eigenvalue weighted by Crippen LogP contribution is 2.10. The van der Waals surface area contributed by atoms with Crippen molar-refractivity contribution in [2.45, 2.75) is 25.7 Å². The van der Waals surface area contributed by atoms with Gasteiger partial charge in [0, 0.05) is 12.7 Å². The highest BCUT2D eigenvalue weighted by atomic mass is 16.5. The Morgan fingerprint density at radius 3 is 2.53 bits per heavy atom. The summed E-state index contributed by atoms with van der Waals surface area (Å²) in [5, 5.41) is 20.5. The van der Waals surface area contributed by atoms with Gasteiger partial charge in [-0.1, -0.05) is 18.2 Å². The first-order valence-corrected chi connectivity index (χ1v) is 5.76. The Labute approximate surface area is 111 Å². The second-order valence-electron chi connectivity index (χ2n) is 4.12. The molecule has 0 radical (unpaired) electrons. The smallest absolute Gasteiger partial charge is 0.328 e. The Morgan fingerprint density at radius 1 is 1.37 bits per heavy atom. The van der Waals surface area contributed by atoms with E-state index in [1.54, 1.807) is 24.3 Å². The zero-order chi connectivity index (χ0) is 14.4. The zero-order valence-corrected chi connectivity index (χ0v) is 10.8. The third-order valence-corrected chi connectivity index (χ3v) is 2.60. The number of hydrogen-bond donors (Lipinski definition) is 3. The lowest BCUT2D eigenvalue weighted by Gasteiger charge is -2.18. The molecule has 1 aromatic rings. The van der Waals surface area contributed by atoms with Crippen LogP contribution in [0.25, 0.3) is 0 Å². The molecular weight excluding hydrogens is 250 g/mol. The topological polar surface area (TPSA) is 95.9 Å². The summed E-state index contributed by atoms with van der Waals surface area (Å²) in [7, 11) is 1.50. The van der Waals surface area contributed by atoms with E-state index in [9.17, 15) is 14.7 Å². The lowest BCUT2D eigenvalue weighted by Crippen LogP contribution is -2.47. The number of methoxy groups -OCH3 is 1. The van der Waals surface area contributed by atoms with E-state index >= 15 is 0 Å². The van der Waals surface area contributed by atoms with Crippen molar-refractivity contribution in [2.24, 2.45) is 0 Å². The lowest BCUT2D eigenvalue weighted by atomic mass is 10.1. The predicted molar refractivity (Wildman–Crippen MR) is 67.7 cm³/mol. The molecule has 0 aromatic heterocycles. The van der Waals surface area contributed by atoms with Gasteiger partial charge in [0.2, 0.25) is 0 Å². The summed E-state index contributed by atoms with van der Waals surface area (Å²) < 4.78 is 4.97. The van der Waals surface area contributed by atoms with Crippen molar-refractivity contribution in [1.82, 2.24) is 5.32 Å². The molecule has 3 N–H and O–H groups in total. The minimum absolute atomic E-state index is 0.246. The van der Waals surface area contributed by atoms with E-state index in [-0.39, 0.29) is 6.61 Å². The summed E-state index contributed by atoms with van der Waals surface area (Å²) in [6, 6.07) is 5.38. The van der Waals surface area contributed by atoms with Gasteiger partial charge in [-0.2, -0.15) is 0 Å². The third kappa shape index (κ3) is 4.04. The molecule has 0 bridgehead atoms. The minimum Gasteiger partial charge on any atom is -0.480 e. The number of aliphatic carboxylic acids is 1. The number of rotatable bonds is 6. The van der Waals surface area contributed by atoms with Gasteiger partial charge in [0.25, 0.3) is 5.91 Å². The number of aliphatic hydroxyl groups excluding tert-OH is 1. The number of nitrogens with one attached hydrogen (secondary N) is 1. The number of carbonyl (C=O) groups is 2. The van der Waals surface area contributed by atoms with Crippen LogP contribution in [0.15, 0.2) is 24.3 Å². The normalized spacial score (nSPS) is 13.6. The van der Waals surface area contributed by atoms with E-state index in [1.807, 2.05) is 0 Å². The fourth-order valence-electron chi connectivity index (χ4n) is 1.63. The van der Waals surface area contributed by atoms with E-state index in [1.165, 1.54) is 14.0 Å². The van der Waals surface area contributed by atoms with Crippen LogP contribution in [-0.2, 0) is 16.1 Å². The maximum Gasteiger partial charge on any atom is 0.328 e. The number of carbonyl (C=O) groups excluding carboxylic acids is 1. The van der Waals surface area contributed by atoms with Crippen LogP contribution in [0.1, 0.15) is 22.8 Å². The number of amides is 1. The summed E-state index contributed by atoms with van der Waals surface area (Å²) in [6.45, 7) is 1.55. The highest BCUT2D eigenvalue weighted by Gasteiger charge is 2.26. The standard InChI is InChI=1S/C13H17NO5/c1-8(15)11(13(17)18)14-12(16)10-6-4-3-5-9(10)7-19-2/h3-6,8,11,15H,7H2,1-2H3,(H,14,16)(H,17,18). The molecule has 0 spiro atoms. The predicted octanol–water partition coefficient (Wildman–Crippen LogP) is 0.397. The maximum atomic E-state index is 12.0. The molecular formula is C13H17NO5. The molecule has 104 valence electrons. The van der Waals surface area contributed by atoms with Gasteiger partial charge in [-0.05, 0) is 18.6 Å². The molecule has 1 aromatic carbocycles. The molecule has 6 nitrogen and oxygen atoms in total. The van der Waals surface area contributed by atoms with Gasteiger partial charge in [0.1, 0.15) is 0 Å². The van der Waals surface area contributed by atoms with Crippen LogP contribution in [0, 0.1) is 0 Å². The number of carboxylic acids is 1. The first kappa shape index (κ1) is 15.1. The lowest BCUT2D eigenvalue weighted by molar-refractivity contribution is -0.141. The molecule has 0 heterocycles. The van der Waals surface area contributed by atoms with E-state index in [4.69, 9.17) is 9.84 Å². The number of aliphatic hydroxyl groups is 1. The van der Waals surface area contributed by atoms with Crippen molar-refractivity contribution in [3.8, 4) is 0 Å². The Balaban J connectivity index is 2.91. The molecule has 0 fully saturated rings. The molecule has 0 saturated heterocycles. The first-order chi connectivity index (χ1) is 8.97. The van der Waals surface area contributed by atoms with Gasteiger partial charge in [-0.3, -0.25) is 4.79 Å². The molecule has 0 saturated carbocycles. The van der Waals surface area contributed by atoms with Crippen molar-refractivity contribution in [2.75, 3.05) is 7.11 Å². The van der Waals surface area contributed by atoms with E-state index in [0.29, 0.717) is 11.1 Å². The Bertz CT molecular complexity index is 458. The van der Waals surface area contributed by atoms with Crippen molar-refractivity contribution >= 4 is 11.9 Å². The average Bonchev–Trinajstić information content (AvgIpc) is 2.36. The molecule has 0 aliphatic rings. The fraction of sp³-hybridized carbons (Fsp3) is 0.385. The summed E-state index contributed by atoms with van der Waals surface area (Å²) >= 11 is 0. The van der Waals surface area contributed by atoms with Crippen LogP contribution in [-0.4, -0.2) is 41.3 Å². The van der Waals surface area contributed by atoms with Gasteiger partial charge in [-0.25, -0.2) is 4.79 Å². The number of benzene rings is 1. The highest BCUT2D eigenvalue weighted by molar-refractivity contribution is 5.97. The van der Waals surface area contributed by atoms with Gasteiger partial charge in [0.15, 0.2) is 6.04 Å². The van der Waals surface area contributed by atoms with Gasteiger partial charge in [-0.15, -0.1) is 0 Å². The Morgan fingerprint density at radius 2 is 2.00 bits per heavy atom. The molecule has 1 amide bonds. The second kappa shape index (κ2) is 6.86. The van der Waals surface area contributed by atoms with Crippen LogP contribution in [0.2, 0.25) is 0 Å². The van der Waals surface area contributed by atoms with Crippen molar-refractivity contribution in [3.05, 3.63) is 35.4 Å². The summed E-state index contributed by atoms with van der Waals surface area (Å²) in [4.78, 5) is 22.9. The number of carboxylic acid groups (broad SMARTS) is 1. The second-order valence-corrected chi connectivity index (χ2v) is 4.12. The molecule has 0 aliphatic heterocycles. The van der Waals surface area contributed by atoms with E-state index in [2.05, 4.69) is 5.32 Å². The minimum atomic E-state index is -1.34. The summed E-state index contributed by atoms with van der Waals surface area (Å²) in [6.07, 6.45) is -1.18. The van der Waals surface area contributed by atoms with Gasteiger partial charge in [0.05, 0.1) is 12.7 Å². The quantitative estimate of drug-likeness (QED) is 0.693. The largest absolute Gasteiger partial charge is 0.480 e. The fourth-order valence-corrected chi connectivity index (χ4v) is 1.63. The van der Waals surface area contributed by atoms with Crippen LogP contribution in [0.4, 0.5) is 0 Å². The number of ether oxygens (including phenoxy) is 1. The average molecular weight is 267 g/mol. The Kier molecular flexibility index (Phi) is 5.47. The van der Waals surface area contributed by atoms with E-state index < -0.39 is 24.0 Å². The number of hydrogen-bond acceptors (Lipinski definition) is 4. The third-order valence-electron chi connectivity index (χ3n) is 2.60. The zero-order valence-electron chi connectivity index (χ0n) is 10.8. The molecule has 1 rings (SSSR count). The van der Waals surface area contributed by atoms with Crippen molar-refractivity contribution < 1.29 is 24.5 Å². The van der Waals surface area contributed by atoms with Crippen LogP contribution in [0.3, 0.4) is 0 Å². The molecule has 2 unspecified atom stereocenters. The van der Waals surface area contributed by atoms with Crippen LogP contribution >= 0.6 is 0 Å². The first-order valence-electron chi connectivity index (χ1n) is 5.76. The SMILES string of the molecule is COCc1ccccc1C(=O)NC(C(=O)O)C(C)O. The van der Waals surface area contributed by atoms with E-state index in [0.717, 1.165) is 0 Å². The van der Waals surface area contributed by atoms with Crippen molar-refractivity contribution in [3.63, 3.8) is 0 Å². The van der Waals surface area contributed by atoms with Crippen LogP contribution < -0.4 is 5.32 Å². The molecule has 19 heavy (non-hydrogen) atoms. The van der Waals surface area contributed by atoms with Crippen molar-refractivity contribution in [1.29, 1.82) is 0 Å². The van der Waals surface area contributed by atoms with Gasteiger partial charge >= 0.3 is 5.97 Å². The monoisotopic (exact) mass is 267 g/mol. The van der Waals surface area contributed by atoms with Crippen LogP contribution in [0.5, 0.6) is 0 Å². The molecule has 6 heteroatoms. The van der Waals surface area contributed by atoms with Gasteiger partial charge < -0.3 is 20.3 Å². The molecule has 0 aliphatic carbocycles. The Hall–Kier alpha value is -1.92. The molecule has 2 atom stereocenters. The summed E-state index contributed by atoms with van der Waals surface area (Å²) in [5.74, 6) is -1.84.